The van der Waals surface area contributed by atoms with Gasteiger partial charge < -0.3 is 5.11 Å². The van der Waals surface area contributed by atoms with Gasteiger partial charge in [-0.3, -0.25) is 0 Å². The van der Waals surface area contributed by atoms with Crippen molar-refractivity contribution in [3.63, 3.8) is 0 Å². The maximum Gasteiger partial charge on any atom is 0.0469 e. The SMILES string of the molecule is OCC1CCC2C=CCC1S2. The van der Waals surface area contributed by atoms with Crippen LogP contribution in [0.25, 0.3) is 0 Å². The van der Waals surface area contributed by atoms with Gasteiger partial charge in [-0.25, -0.2) is 0 Å². The topological polar surface area (TPSA) is 20.2 Å². The molecule has 0 aromatic carbocycles. The van der Waals surface area contributed by atoms with E-state index in [-0.39, 0.29) is 0 Å². The second-order valence-corrected chi connectivity index (χ2v) is 4.88. The Balaban J connectivity index is 2.05. The maximum absolute atomic E-state index is 9.07. The summed E-state index contributed by atoms with van der Waals surface area (Å²) in [6.07, 6.45) is 8.28. The zero-order valence-corrected chi connectivity index (χ0v) is 7.39. The molecule has 2 aliphatic rings. The Hall–Kier alpha value is 0.0500. The van der Waals surface area contributed by atoms with Crippen LogP contribution in [-0.2, 0) is 0 Å². The van der Waals surface area contributed by atoms with Gasteiger partial charge in [0.2, 0.25) is 0 Å². The molecule has 1 saturated heterocycles. The van der Waals surface area contributed by atoms with Gasteiger partial charge in [0, 0.05) is 17.1 Å². The van der Waals surface area contributed by atoms with Gasteiger partial charge in [-0.15, -0.1) is 0 Å². The van der Waals surface area contributed by atoms with E-state index in [0.29, 0.717) is 17.8 Å². The summed E-state index contributed by atoms with van der Waals surface area (Å²) in [5, 5.41) is 10.5. The fourth-order valence-corrected chi connectivity index (χ4v) is 3.52. The highest BCUT2D eigenvalue weighted by atomic mass is 32.2. The summed E-state index contributed by atoms with van der Waals surface area (Å²) in [6, 6.07) is 0. The van der Waals surface area contributed by atoms with Gasteiger partial charge in [0.05, 0.1) is 0 Å². The van der Waals surface area contributed by atoms with Crippen molar-refractivity contribution in [1.82, 2.24) is 0 Å². The van der Waals surface area contributed by atoms with Crippen molar-refractivity contribution in [2.45, 2.75) is 29.8 Å². The number of hydrogen-bond acceptors (Lipinski definition) is 2. The molecular formula is C9H14OS. The molecule has 1 N–H and O–H groups in total. The van der Waals surface area contributed by atoms with Crippen LogP contribution in [0.15, 0.2) is 12.2 Å². The van der Waals surface area contributed by atoms with E-state index in [9.17, 15) is 0 Å². The Kier molecular flexibility index (Phi) is 2.23. The van der Waals surface area contributed by atoms with Crippen LogP contribution in [0.3, 0.4) is 0 Å². The summed E-state index contributed by atoms with van der Waals surface area (Å²) in [5.74, 6) is 0.571. The van der Waals surface area contributed by atoms with Crippen LogP contribution >= 0.6 is 11.8 Å². The average molecular weight is 170 g/mol. The summed E-state index contributed by atoms with van der Waals surface area (Å²) >= 11 is 2.06. The van der Waals surface area contributed by atoms with Gasteiger partial charge in [-0.1, -0.05) is 12.2 Å². The molecule has 2 aliphatic heterocycles. The molecule has 0 spiro atoms. The highest BCUT2D eigenvalue weighted by Gasteiger charge is 2.30. The summed E-state index contributed by atoms with van der Waals surface area (Å²) in [6.45, 7) is 0.387. The van der Waals surface area contributed by atoms with E-state index in [1.54, 1.807) is 0 Å². The Labute approximate surface area is 71.9 Å². The number of fused-ring (bicyclic) bond motifs is 2. The number of aliphatic hydroxyl groups is 1. The quantitative estimate of drug-likeness (QED) is 0.606. The van der Waals surface area contributed by atoms with E-state index < -0.39 is 0 Å². The lowest BCUT2D eigenvalue weighted by Gasteiger charge is -2.35. The highest BCUT2D eigenvalue weighted by Crippen LogP contribution is 2.41. The molecule has 2 heterocycles. The Morgan fingerprint density at radius 3 is 3.18 bits per heavy atom. The summed E-state index contributed by atoms with van der Waals surface area (Å²) in [7, 11) is 0. The molecule has 0 saturated carbocycles. The molecular weight excluding hydrogens is 156 g/mol. The number of rotatable bonds is 1. The van der Waals surface area contributed by atoms with E-state index >= 15 is 0 Å². The van der Waals surface area contributed by atoms with E-state index in [1.165, 1.54) is 19.3 Å². The third kappa shape index (κ3) is 1.47. The molecule has 62 valence electrons. The minimum atomic E-state index is 0.387. The lowest BCUT2D eigenvalue weighted by atomic mass is 9.93. The first-order valence-corrected chi connectivity index (χ1v) is 5.27. The maximum atomic E-state index is 9.07. The van der Waals surface area contributed by atoms with E-state index in [4.69, 9.17) is 5.11 Å². The molecule has 2 rings (SSSR count). The van der Waals surface area contributed by atoms with Gasteiger partial charge in [0.15, 0.2) is 0 Å². The number of hydrogen-bond donors (Lipinski definition) is 1. The van der Waals surface area contributed by atoms with Crippen molar-refractivity contribution < 1.29 is 5.11 Å². The minimum Gasteiger partial charge on any atom is -0.396 e. The van der Waals surface area contributed by atoms with Crippen LogP contribution in [0.4, 0.5) is 0 Å². The van der Waals surface area contributed by atoms with Crippen LogP contribution < -0.4 is 0 Å². The van der Waals surface area contributed by atoms with Gasteiger partial charge >= 0.3 is 0 Å². The largest absolute Gasteiger partial charge is 0.396 e. The highest BCUT2D eigenvalue weighted by molar-refractivity contribution is 8.00. The summed E-state index contributed by atoms with van der Waals surface area (Å²) < 4.78 is 0. The molecule has 1 fully saturated rings. The zero-order chi connectivity index (χ0) is 7.68. The third-order valence-corrected chi connectivity index (χ3v) is 4.32. The fraction of sp³-hybridized carbons (Fsp3) is 0.778. The number of allylic oxidation sites excluding steroid dienone is 1. The number of thioether (sulfide) groups is 1. The molecule has 0 aromatic rings. The van der Waals surface area contributed by atoms with Crippen LogP contribution in [0.5, 0.6) is 0 Å². The normalized spacial score (nSPS) is 42.5. The van der Waals surface area contributed by atoms with Crippen LogP contribution in [0, 0.1) is 5.92 Å². The van der Waals surface area contributed by atoms with Crippen molar-refractivity contribution in [3.05, 3.63) is 12.2 Å². The molecule has 2 heteroatoms. The second-order valence-electron chi connectivity index (χ2n) is 3.40. The average Bonchev–Trinajstić information content (AvgIpc) is 2.06. The first-order valence-electron chi connectivity index (χ1n) is 4.33. The first kappa shape index (κ1) is 7.69. The van der Waals surface area contributed by atoms with E-state index in [1.807, 2.05) is 0 Å². The smallest absolute Gasteiger partial charge is 0.0469 e. The Morgan fingerprint density at radius 1 is 1.45 bits per heavy atom. The van der Waals surface area contributed by atoms with Gasteiger partial charge in [0.25, 0.3) is 0 Å². The van der Waals surface area contributed by atoms with Gasteiger partial charge in [-0.2, -0.15) is 11.8 Å². The standard InChI is InChI=1S/C9H14OS/c10-6-7-4-5-8-2-1-3-9(7)11-8/h1-2,7-10H,3-6H2. The zero-order valence-electron chi connectivity index (χ0n) is 6.57. The third-order valence-electron chi connectivity index (χ3n) is 2.65. The van der Waals surface area contributed by atoms with Gasteiger partial charge in [0.1, 0.15) is 0 Å². The monoisotopic (exact) mass is 170 g/mol. The molecule has 3 atom stereocenters. The second kappa shape index (κ2) is 3.20. The molecule has 0 aliphatic carbocycles. The molecule has 11 heavy (non-hydrogen) atoms. The van der Waals surface area contributed by atoms with Crippen LogP contribution in [0.1, 0.15) is 19.3 Å². The minimum absolute atomic E-state index is 0.387. The van der Waals surface area contributed by atoms with Crippen LogP contribution in [-0.4, -0.2) is 22.2 Å². The van der Waals surface area contributed by atoms with Crippen molar-refractivity contribution in [2.24, 2.45) is 5.92 Å². The molecule has 3 unspecified atom stereocenters. The summed E-state index contributed by atoms with van der Waals surface area (Å²) in [4.78, 5) is 0. The van der Waals surface area contributed by atoms with Crippen molar-refractivity contribution >= 4 is 11.8 Å². The summed E-state index contributed by atoms with van der Waals surface area (Å²) in [5.41, 5.74) is 0. The molecule has 2 bridgehead atoms. The molecule has 0 aromatic heterocycles. The molecule has 0 radical (unpaired) electrons. The lowest BCUT2D eigenvalue weighted by molar-refractivity contribution is 0.209. The van der Waals surface area contributed by atoms with Crippen molar-refractivity contribution in [2.75, 3.05) is 6.61 Å². The van der Waals surface area contributed by atoms with Crippen molar-refractivity contribution in [3.8, 4) is 0 Å². The van der Waals surface area contributed by atoms with E-state index in [0.717, 1.165) is 5.25 Å². The van der Waals surface area contributed by atoms with Gasteiger partial charge in [-0.05, 0) is 25.2 Å². The lowest BCUT2D eigenvalue weighted by Crippen LogP contribution is -2.30. The first-order chi connectivity index (χ1) is 5.40. The predicted octanol–water partition coefficient (Wildman–Crippen LogP) is 1.82. The fourth-order valence-electron chi connectivity index (χ4n) is 1.93. The Bertz CT molecular complexity index is 167. The van der Waals surface area contributed by atoms with E-state index in [2.05, 4.69) is 23.9 Å². The van der Waals surface area contributed by atoms with Crippen LogP contribution in [0.2, 0.25) is 0 Å². The predicted molar refractivity (Wildman–Crippen MR) is 48.7 cm³/mol. The Morgan fingerprint density at radius 2 is 2.36 bits per heavy atom. The molecule has 0 amide bonds. The van der Waals surface area contributed by atoms with Crippen molar-refractivity contribution in [1.29, 1.82) is 0 Å². The molecule has 1 nitrogen and oxygen atoms in total. The number of aliphatic hydroxyl groups excluding tert-OH is 1.